The van der Waals surface area contributed by atoms with E-state index in [-0.39, 0.29) is 31.9 Å². The van der Waals surface area contributed by atoms with Crippen LogP contribution < -0.4 is 15.6 Å². The maximum atomic E-state index is 14.0. The SMILES string of the molecule is CCCNNC(=O)[C@@]1(CCC(=O)OC(C)(C)C)N=C(c2ccc(OCCCO)cc2)O[C@H]1c1ccccc1CN=[N+]=[N-]. The summed E-state index contributed by atoms with van der Waals surface area (Å²) in [4.78, 5) is 34.6. The molecule has 1 aliphatic rings. The fourth-order valence-corrected chi connectivity index (χ4v) is 4.45. The molecule has 2 atom stereocenters. The Morgan fingerprint density at radius 1 is 1.19 bits per heavy atom. The number of aliphatic imine (C=N–C) groups is 1. The third kappa shape index (κ3) is 8.69. The van der Waals surface area contributed by atoms with E-state index in [0.29, 0.717) is 42.0 Å². The van der Waals surface area contributed by atoms with E-state index in [1.165, 1.54) is 0 Å². The van der Waals surface area contributed by atoms with Gasteiger partial charge in [0.15, 0.2) is 11.6 Å². The number of hydrazine groups is 1. The second kappa shape index (κ2) is 15.2. The Labute approximate surface area is 246 Å². The lowest BCUT2D eigenvalue weighted by Crippen LogP contribution is -2.53. The highest BCUT2D eigenvalue weighted by Crippen LogP contribution is 2.44. The number of amides is 1. The highest BCUT2D eigenvalue weighted by Gasteiger charge is 2.54. The molecule has 2 aromatic carbocycles. The van der Waals surface area contributed by atoms with Crippen LogP contribution >= 0.6 is 0 Å². The van der Waals surface area contributed by atoms with Gasteiger partial charge in [0.1, 0.15) is 11.4 Å². The van der Waals surface area contributed by atoms with Crippen molar-refractivity contribution >= 4 is 17.8 Å². The van der Waals surface area contributed by atoms with Crippen LogP contribution in [0.4, 0.5) is 0 Å². The minimum absolute atomic E-state index is 0.00603. The number of aliphatic hydroxyl groups is 1. The molecule has 226 valence electrons. The molecule has 0 aliphatic carbocycles. The second-order valence-electron chi connectivity index (χ2n) is 10.8. The van der Waals surface area contributed by atoms with Gasteiger partial charge < -0.3 is 19.3 Å². The zero-order valence-corrected chi connectivity index (χ0v) is 24.6. The smallest absolute Gasteiger partial charge is 0.306 e. The van der Waals surface area contributed by atoms with E-state index >= 15 is 0 Å². The number of rotatable bonds is 15. The van der Waals surface area contributed by atoms with Crippen LogP contribution in [0.3, 0.4) is 0 Å². The van der Waals surface area contributed by atoms with Gasteiger partial charge in [0, 0.05) is 36.5 Å². The largest absolute Gasteiger partial charge is 0.494 e. The summed E-state index contributed by atoms with van der Waals surface area (Å²) in [6.07, 6.45) is 0.250. The van der Waals surface area contributed by atoms with Gasteiger partial charge >= 0.3 is 5.97 Å². The summed E-state index contributed by atoms with van der Waals surface area (Å²) >= 11 is 0. The molecule has 0 unspecified atom stereocenters. The van der Waals surface area contributed by atoms with Crippen molar-refractivity contribution in [1.82, 2.24) is 10.9 Å². The van der Waals surface area contributed by atoms with Crippen LogP contribution in [0.2, 0.25) is 0 Å². The molecule has 2 aromatic rings. The van der Waals surface area contributed by atoms with Gasteiger partial charge in [-0.25, -0.2) is 10.4 Å². The number of carbonyl (C=O) groups excluding carboxylic acids is 2. The molecule has 0 radical (unpaired) electrons. The monoisotopic (exact) mass is 580 g/mol. The third-order valence-corrected chi connectivity index (χ3v) is 6.38. The van der Waals surface area contributed by atoms with Gasteiger partial charge in [-0.1, -0.05) is 36.3 Å². The number of hydrogen-bond donors (Lipinski definition) is 3. The Morgan fingerprint density at radius 2 is 1.93 bits per heavy atom. The van der Waals surface area contributed by atoms with E-state index in [0.717, 1.165) is 6.42 Å². The molecule has 0 aromatic heterocycles. The van der Waals surface area contributed by atoms with Crippen molar-refractivity contribution in [3.8, 4) is 5.75 Å². The average Bonchev–Trinajstić information content (AvgIpc) is 3.35. The Hall–Kier alpha value is -4.12. The van der Waals surface area contributed by atoms with Crippen LogP contribution in [-0.2, 0) is 25.6 Å². The quantitative estimate of drug-likeness (QED) is 0.0687. The highest BCUT2D eigenvalue weighted by atomic mass is 16.6. The van der Waals surface area contributed by atoms with Gasteiger partial charge in [-0.15, -0.1) is 0 Å². The van der Waals surface area contributed by atoms with Crippen molar-refractivity contribution in [3.63, 3.8) is 0 Å². The van der Waals surface area contributed by atoms with E-state index in [4.69, 9.17) is 29.8 Å². The highest BCUT2D eigenvalue weighted by molar-refractivity contribution is 6.01. The van der Waals surface area contributed by atoms with Crippen LogP contribution in [0, 0.1) is 0 Å². The molecule has 1 amide bonds. The minimum atomic E-state index is -1.56. The molecule has 0 bridgehead atoms. The number of nitrogens with zero attached hydrogens (tertiary/aromatic N) is 4. The average molecular weight is 581 g/mol. The zero-order chi connectivity index (χ0) is 30.6. The number of nitrogens with one attached hydrogen (secondary N) is 2. The first-order valence-corrected chi connectivity index (χ1v) is 14.1. The summed E-state index contributed by atoms with van der Waals surface area (Å²) < 4.78 is 17.7. The maximum absolute atomic E-state index is 14.0. The molecule has 1 aliphatic heterocycles. The number of aliphatic hydroxyl groups excluding tert-OH is 1. The van der Waals surface area contributed by atoms with E-state index in [1.54, 1.807) is 63.2 Å². The standard InChI is InChI=1S/C30H40N6O6/c1-5-17-32-35-28(39)30(16-15-25(38)42-29(2,3)4)26(24-10-7-6-9-22(24)20-33-36-31)41-27(34-30)21-11-13-23(14-12-21)40-19-8-18-37/h6-7,9-14,26,32,37H,5,8,15-20H2,1-4H3,(H,35,39)/t26-,30-/m0/s1. The van der Waals surface area contributed by atoms with Gasteiger partial charge in [-0.2, -0.15) is 0 Å². The Kier molecular flexibility index (Phi) is 11.7. The number of esters is 1. The van der Waals surface area contributed by atoms with Crippen molar-refractivity contribution in [1.29, 1.82) is 0 Å². The van der Waals surface area contributed by atoms with Gasteiger partial charge in [-0.3, -0.25) is 15.0 Å². The number of benzene rings is 2. The summed E-state index contributed by atoms with van der Waals surface area (Å²) in [5, 5.41) is 12.7. The molecule has 0 spiro atoms. The van der Waals surface area contributed by atoms with E-state index in [9.17, 15) is 9.59 Å². The molecule has 0 saturated heterocycles. The van der Waals surface area contributed by atoms with E-state index in [1.807, 2.05) is 13.0 Å². The fourth-order valence-electron chi connectivity index (χ4n) is 4.45. The molecule has 42 heavy (non-hydrogen) atoms. The first-order valence-electron chi connectivity index (χ1n) is 14.1. The van der Waals surface area contributed by atoms with E-state index in [2.05, 4.69) is 20.9 Å². The van der Waals surface area contributed by atoms with Gasteiger partial charge in [0.05, 0.1) is 13.2 Å². The lowest BCUT2D eigenvalue weighted by atomic mass is 9.82. The first-order chi connectivity index (χ1) is 20.1. The molecular weight excluding hydrogens is 540 g/mol. The van der Waals surface area contributed by atoms with Crippen LogP contribution in [0.25, 0.3) is 10.4 Å². The molecule has 0 fully saturated rings. The van der Waals surface area contributed by atoms with Crippen molar-refractivity contribution in [2.75, 3.05) is 19.8 Å². The second-order valence-corrected chi connectivity index (χ2v) is 10.8. The lowest BCUT2D eigenvalue weighted by Gasteiger charge is -2.31. The van der Waals surface area contributed by atoms with Gasteiger partial charge in [-0.05, 0) is 74.5 Å². The first kappa shape index (κ1) is 32.4. The normalized spacial score (nSPS) is 17.9. The summed E-state index contributed by atoms with van der Waals surface area (Å²) in [6.45, 7) is 8.29. The van der Waals surface area contributed by atoms with Gasteiger partial charge in [0.25, 0.3) is 5.91 Å². The Balaban J connectivity index is 2.08. The fraction of sp³-hybridized carbons (Fsp3) is 0.500. The zero-order valence-electron chi connectivity index (χ0n) is 24.6. The van der Waals surface area contributed by atoms with E-state index < -0.39 is 29.1 Å². The molecule has 12 heteroatoms. The van der Waals surface area contributed by atoms with Crippen molar-refractivity contribution in [3.05, 3.63) is 75.7 Å². The van der Waals surface area contributed by atoms with Crippen LogP contribution in [0.1, 0.15) is 76.2 Å². The third-order valence-electron chi connectivity index (χ3n) is 6.38. The number of azide groups is 1. The topological polar surface area (TPSA) is 167 Å². The molecule has 12 nitrogen and oxygen atoms in total. The molecular formula is C30H40N6O6. The summed E-state index contributed by atoms with van der Waals surface area (Å²) in [7, 11) is 0. The van der Waals surface area contributed by atoms with Crippen molar-refractivity contribution < 1.29 is 28.9 Å². The van der Waals surface area contributed by atoms with Crippen molar-refractivity contribution in [2.24, 2.45) is 10.1 Å². The Bertz CT molecular complexity index is 1290. The molecule has 0 saturated carbocycles. The minimum Gasteiger partial charge on any atom is -0.494 e. The maximum Gasteiger partial charge on any atom is 0.306 e. The van der Waals surface area contributed by atoms with Crippen molar-refractivity contribution in [2.45, 2.75) is 77.2 Å². The predicted molar refractivity (Wildman–Crippen MR) is 158 cm³/mol. The number of hydrogen-bond acceptors (Lipinski definition) is 9. The number of ether oxygens (including phenoxy) is 3. The van der Waals surface area contributed by atoms with Gasteiger partial charge in [0.2, 0.25) is 5.90 Å². The number of carbonyl (C=O) groups is 2. The van der Waals surface area contributed by atoms with Crippen LogP contribution in [0.15, 0.2) is 58.6 Å². The van der Waals surface area contributed by atoms with Crippen LogP contribution in [-0.4, -0.2) is 53.8 Å². The van der Waals surface area contributed by atoms with Crippen LogP contribution in [0.5, 0.6) is 5.75 Å². The summed E-state index contributed by atoms with van der Waals surface area (Å²) in [6, 6.07) is 14.3. The molecule has 1 heterocycles. The molecule has 3 N–H and O–H groups in total. The summed E-state index contributed by atoms with van der Waals surface area (Å²) in [5.41, 5.74) is 14.3. The molecule has 3 rings (SSSR count). The summed E-state index contributed by atoms with van der Waals surface area (Å²) in [5.74, 6) is -0.109. The Morgan fingerprint density at radius 3 is 2.60 bits per heavy atom. The predicted octanol–water partition coefficient (Wildman–Crippen LogP) is 4.67. The lowest BCUT2D eigenvalue weighted by molar-refractivity contribution is -0.155.